The van der Waals surface area contributed by atoms with Crippen LogP contribution in [0, 0.1) is 5.41 Å². The van der Waals surface area contributed by atoms with Gasteiger partial charge in [-0.25, -0.2) is 4.99 Å². The average molecular weight is 196 g/mol. The van der Waals surface area contributed by atoms with E-state index in [0.29, 0.717) is 5.96 Å². The lowest BCUT2D eigenvalue weighted by Crippen LogP contribution is -2.44. The van der Waals surface area contributed by atoms with E-state index in [1.807, 2.05) is 6.08 Å². The third-order valence-electron chi connectivity index (χ3n) is 2.21. The van der Waals surface area contributed by atoms with Gasteiger partial charge in [0.15, 0.2) is 5.96 Å². The van der Waals surface area contributed by atoms with Crippen molar-refractivity contribution in [2.45, 2.75) is 39.3 Å². The molecule has 1 aliphatic heterocycles. The van der Waals surface area contributed by atoms with Gasteiger partial charge in [0.25, 0.3) is 0 Å². The Bertz CT molecular complexity index is 262. The summed E-state index contributed by atoms with van der Waals surface area (Å²) in [6.07, 6.45) is 5.44. The van der Waals surface area contributed by atoms with Crippen molar-refractivity contribution in [2.24, 2.45) is 21.9 Å². The van der Waals surface area contributed by atoms with E-state index in [9.17, 15) is 0 Å². The summed E-state index contributed by atoms with van der Waals surface area (Å²) in [5.41, 5.74) is 11.3. The molecule has 0 fully saturated rings. The Hall–Kier alpha value is -1.03. The van der Waals surface area contributed by atoms with Crippen LogP contribution in [0.3, 0.4) is 0 Å². The van der Waals surface area contributed by atoms with Crippen LogP contribution < -0.4 is 16.8 Å². The van der Waals surface area contributed by atoms with Gasteiger partial charge < -0.3 is 16.8 Å². The molecular formula is C10H20N4. The Balaban J connectivity index is 2.58. The van der Waals surface area contributed by atoms with Crippen molar-refractivity contribution in [2.75, 3.05) is 0 Å². The predicted octanol–water partition coefficient (Wildman–Crippen LogP) is 0.899. The second-order valence-electron chi connectivity index (χ2n) is 5.03. The van der Waals surface area contributed by atoms with Crippen molar-refractivity contribution in [1.82, 2.24) is 5.32 Å². The van der Waals surface area contributed by atoms with Crippen LogP contribution in [0.25, 0.3) is 0 Å². The molecule has 0 aromatic carbocycles. The van der Waals surface area contributed by atoms with Gasteiger partial charge in [0.1, 0.15) is 5.66 Å². The second kappa shape index (κ2) is 3.61. The molecule has 0 spiro atoms. The summed E-state index contributed by atoms with van der Waals surface area (Å²) in [6, 6.07) is 0. The van der Waals surface area contributed by atoms with Gasteiger partial charge in [0, 0.05) is 6.20 Å². The summed E-state index contributed by atoms with van der Waals surface area (Å²) in [7, 11) is 0. The van der Waals surface area contributed by atoms with Gasteiger partial charge in [-0.2, -0.15) is 0 Å². The summed E-state index contributed by atoms with van der Waals surface area (Å²) in [5.74, 6) is 0.393. The molecule has 1 unspecified atom stereocenters. The second-order valence-corrected chi connectivity index (χ2v) is 5.03. The fourth-order valence-electron chi connectivity index (χ4n) is 1.28. The Morgan fingerprint density at radius 3 is 2.64 bits per heavy atom. The SMILES string of the molecule is CC(C)(C)CCC1(N)C=CNC(N)=N1. The summed E-state index contributed by atoms with van der Waals surface area (Å²) in [4.78, 5) is 4.19. The molecule has 5 N–H and O–H groups in total. The first-order chi connectivity index (χ1) is 6.31. The Morgan fingerprint density at radius 1 is 1.50 bits per heavy atom. The van der Waals surface area contributed by atoms with E-state index in [1.165, 1.54) is 0 Å². The first-order valence-corrected chi connectivity index (χ1v) is 4.89. The number of nitrogens with two attached hydrogens (primary N) is 2. The molecule has 1 rings (SSSR count). The molecule has 0 aromatic rings. The highest BCUT2D eigenvalue weighted by Crippen LogP contribution is 2.26. The van der Waals surface area contributed by atoms with E-state index < -0.39 is 5.66 Å². The van der Waals surface area contributed by atoms with Crippen LogP contribution in [-0.2, 0) is 0 Å². The maximum atomic E-state index is 6.06. The molecular weight excluding hydrogens is 176 g/mol. The molecule has 1 atom stereocenters. The van der Waals surface area contributed by atoms with Crippen LogP contribution in [0.15, 0.2) is 17.3 Å². The van der Waals surface area contributed by atoms with E-state index in [2.05, 4.69) is 31.1 Å². The lowest BCUT2D eigenvalue weighted by atomic mass is 9.87. The van der Waals surface area contributed by atoms with Gasteiger partial charge in [-0.1, -0.05) is 20.8 Å². The minimum Gasteiger partial charge on any atom is -0.370 e. The zero-order valence-corrected chi connectivity index (χ0v) is 9.17. The number of aliphatic imine (C=N–C) groups is 1. The fraction of sp³-hybridized carbons (Fsp3) is 0.700. The molecule has 0 radical (unpaired) electrons. The van der Waals surface area contributed by atoms with Gasteiger partial charge in [0.2, 0.25) is 0 Å². The molecule has 80 valence electrons. The van der Waals surface area contributed by atoms with E-state index in [0.717, 1.165) is 12.8 Å². The normalized spacial score (nSPS) is 27.0. The molecule has 1 heterocycles. The summed E-state index contributed by atoms with van der Waals surface area (Å²) < 4.78 is 0. The average Bonchev–Trinajstić information content (AvgIpc) is 1.99. The summed E-state index contributed by atoms with van der Waals surface area (Å²) in [5, 5.41) is 2.80. The van der Waals surface area contributed by atoms with Crippen LogP contribution in [0.5, 0.6) is 0 Å². The maximum Gasteiger partial charge on any atom is 0.194 e. The Morgan fingerprint density at radius 2 is 2.14 bits per heavy atom. The standard InChI is InChI=1S/C10H20N4/c1-9(2,3)4-5-10(12)6-7-13-8(11)14-10/h6-7H,4-5,12H2,1-3H3,(H3,11,13,14). The number of hydrogen-bond acceptors (Lipinski definition) is 4. The lowest BCUT2D eigenvalue weighted by Gasteiger charge is -2.28. The lowest BCUT2D eigenvalue weighted by molar-refractivity contribution is 0.324. The van der Waals surface area contributed by atoms with Crippen molar-refractivity contribution in [3.8, 4) is 0 Å². The number of rotatable bonds is 2. The molecule has 14 heavy (non-hydrogen) atoms. The molecule has 0 aliphatic carbocycles. The topological polar surface area (TPSA) is 76.4 Å². The van der Waals surface area contributed by atoms with Crippen molar-refractivity contribution in [3.05, 3.63) is 12.3 Å². The van der Waals surface area contributed by atoms with Crippen molar-refractivity contribution >= 4 is 5.96 Å². The van der Waals surface area contributed by atoms with Gasteiger partial charge in [-0.05, 0) is 24.3 Å². The zero-order valence-electron chi connectivity index (χ0n) is 9.17. The molecule has 0 amide bonds. The Labute approximate surface area is 85.5 Å². The van der Waals surface area contributed by atoms with Crippen LogP contribution in [0.4, 0.5) is 0 Å². The molecule has 1 aliphatic rings. The minimum absolute atomic E-state index is 0.273. The minimum atomic E-state index is -0.622. The summed E-state index contributed by atoms with van der Waals surface area (Å²) in [6.45, 7) is 6.57. The molecule has 4 nitrogen and oxygen atoms in total. The van der Waals surface area contributed by atoms with E-state index in [-0.39, 0.29) is 5.41 Å². The van der Waals surface area contributed by atoms with Gasteiger partial charge in [-0.15, -0.1) is 0 Å². The molecule has 4 heteroatoms. The maximum absolute atomic E-state index is 6.06. The number of hydrogen-bond donors (Lipinski definition) is 3. The third-order valence-corrected chi connectivity index (χ3v) is 2.21. The van der Waals surface area contributed by atoms with Crippen LogP contribution in [0.2, 0.25) is 0 Å². The number of nitrogens with zero attached hydrogens (tertiary/aromatic N) is 1. The molecule has 0 bridgehead atoms. The van der Waals surface area contributed by atoms with Crippen molar-refractivity contribution < 1.29 is 0 Å². The largest absolute Gasteiger partial charge is 0.370 e. The molecule has 0 saturated carbocycles. The monoisotopic (exact) mass is 196 g/mol. The van der Waals surface area contributed by atoms with Crippen molar-refractivity contribution in [1.29, 1.82) is 0 Å². The van der Waals surface area contributed by atoms with E-state index in [1.54, 1.807) is 6.20 Å². The smallest absolute Gasteiger partial charge is 0.194 e. The third kappa shape index (κ3) is 3.38. The first kappa shape index (κ1) is 11.0. The van der Waals surface area contributed by atoms with Crippen LogP contribution in [0.1, 0.15) is 33.6 Å². The van der Waals surface area contributed by atoms with Crippen LogP contribution in [-0.4, -0.2) is 11.6 Å². The van der Waals surface area contributed by atoms with Crippen LogP contribution >= 0.6 is 0 Å². The van der Waals surface area contributed by atoms with Crippen molar-refractivity contribution in [3.63, 3.8) is 0 Å². The summed E-state index contributed by atoms with van der Waals surface area (Å²) >= 11 is 0. The highest BCUT2D eigenvalue weighted by Gasteiger charge is 2.25. The fourth-order valence-corrected chi connectivity index (χ4v) is 1.28. The van der Waals surface area contributed by atoms with E-state index in [4.69, 9.17) is 11.5 Å². The van der Waals surface area contributed by atoms with Gasteiger partial charge >= 0.3 is 0 Å². The predicted molar refractivity (Wildman–Crippen MR) is 59.5 cm³/mol. The quantitative estimate of drug-likeness (QED) is 0.614. The number of guanidine groups is 1. The van der Waals surface area contributed by atoms with Gasteiger partial charge in [-0.3, -0.25) is 0 Å². The molecule has 0 saturated heterocycles. The highest BCUT2D eigenvalue weighted by molar-refractivity contribution is 5.80. The van der Waals surface area contributed by atoms with E-state index >= 15 is 0 Å². The zero-order chi connectivity index (χ0) is 10.8. The first-order valence-electron chi connectivity index (χ1n) is 4.89. The number of nitrogens with one attached hydrogen (secondary N) is 1. The van der Waals surface area contributed by atoms with Gasteiger partial charge in [0.05, 0.1) is 0 Å². The molecule has 0 aromatic heterocycles. The Kier molecular flexibility index (Phi) is 2.85. The highest BCUT2D eigenvalue weighted by atomic mass is 15.2.